The Balaban J connectivity index is 1.48. The predicted octanol–water partition coefficient (Wildman–Crippen LogP) is 7.23. The van der Waals surface area contributed by atoms with Crippen LogP contribution in [0.15, 0.2) is 46.1 Å². The van der Waals surface area contributed by atoms with Crippen molar-refractivity contribution < 1.29 is 19.0 Å². The summed E-state index contributed by atoms with van der Waals surface area (Å²) in [5.74, 6) is 1.73. The van der Waals surface area contributed by atoms with Crippen molar-refractivity contribution in [3.05, 3.63) is 62.1 Å². The summed E-state index contributed by atoms with van der Waals surface area (Å²) in [6.07, 6.45) is 5.16. The monoisotopic (exact) mass is 517 g/mol. The molecule has 0 atom stereocenters. The predicted molar refractivity (Wildman–Crippen MR) is 130 cm³/mol. The number of aryl methyl sites for hydroxylation is 1. The first-order chi connectivity index (χ1) is 15.5. The summed E-state index contributed by atoms with van der Waals surface area (Å²) in [5.41, 5.74) is 3.34. The highest BCUT2D eigenvalue weighted by atomic mass is 35.5. The second kappa shape index (κ2) is 12.4. The number of ether oxygens (including phenoxy) is 3. The van der Waals surface area contributed by atoms with Crippen molar-refractivity contribution in [2.45, 2.75) is 25.7 Å². The molecule has 0 amide bonds. The summed E-state index contributed by atoms with van der Waals surface area (Å²) in [5, 5.41) is 4.85. The molecule has 0 bridgehead atoms. The first-order valence-electron chi connectivity index (χ1n) is 10.1. The van der Waals surface area contributed by atoms with Crippen molar-refractivity contribution in [2.75, 3.05) is 26.9 Å². The largest absolute Gasteiger partial charge is 0.493 e. The van der Waals surface area contributed by atoms with Crippen LogP contribution in [0.1, 0.15) is 30.4 Å². The highest BCUT2D eigenvalue weighted by Gasteiger charge is 2.17. The van der Waals surface area contributed by atoms with Gasteiger partial charge in [0.25, 0.3) is 0 Å². The van der Waals surface area contributed by atoms with Gasteiger partial charge in [-0.15, -0.1) is 0 Å². The van der Waals surface area contributed by atoms with Crippen LogP contribution in [-0.4, -0.2) is 32.6 Å². The maximum atomic E-state index is 6.28. The maximum absolute atomic E-state index is 6.28. The fourth-order valence-corrected chi connectivity index (χ4v) is 4.02. The molecule has 9 heteroatoms. The lowest BCUT2D eigenvalue weighted by Crippen LogP contribution is -2.13. The molecule has 2 aromatic rings. The van der Waals surface area contributed by atoms with Gasteiger partial charge in [0.1, 0.15) is 29.7 Å². The summed E-state index contributed by atoms with van der Waals surface area (Å²) >= 11 is 23.7. The minimum absolute atomic E-state index is 0.129. The van der Waals surface area contributed by atoms with Gasteiger partial charge in [-0.2, -0.15) is 0 Å². The summed E-state index contributed by atoms with van der Waals surface area (Å²) in [7, 11) is 1.57. The third kappa shape index (κ3) is 7.11. The van der Waals surface area contributed by atoms with Gasteiger partial charge in [0.15, 0.2) is 5.75 Å². The van der Waals surface area contributed by atoms with E-state index < -0.39 is 0 Å². The fraction of sp³-hybridized carbons (Fsp3) is 0.348. The van der Waals surface area contributed by atoms with Crippen molar-refractivity contribution in [3.63, 3.8) is 0 Å². The van der Waals surface area contributed by atoms with E-state index >= 15 is 0 Å². The zero-order chi connectivity index (χ0) is 22.9. The molecule has 0 saturated heterocycles. The molecule has 0 aliphatic heterocycles. The number of hydrogen-bond donors (Lipinski definition) is 0. The number of hydrogen-bond acceptors (Lipinski definition) is 5. The highest BCUT2D eigenvalue weighted by molar-refractivity contribution is 6.55. The molecule has 3 rings (SSSR count). The highest BCUT2D eigenvalue weighted by Crippen LogP contribution is 2.37. The summed E-state index contributed by atoms with van der Waals surface area (Å²) in [6.45, 7) is 1.11. The average molecular weight is 519 g/mol. The van der Waals surface area contributed by atoms with Crippen LogP contribution in [0.25, 0.3) is 0 Å². The van der Waals surface area contributed by atoms with Crippen LogP contribution in [0.4, 0.5) is 0 Å². The topological polar surface area (TPSA) is 49.3 Å². The van der Waals surface area contributed by atoms with Gasteiger partial charge in [-0.25, -0.2) is 0 Å². The fourth-order valence-electron chi connectivity index (χ4n) is 3.32. The van der Waals surface area contributed by atoms with Crippen LogP contribution in [-0.2, 0) is 11.3 Å². The lowest BCUT2D eigenvalue weighted by molar-refractivity contribution is 0.212. The van der Waals surface area contributed by atoms with Crippen LogP contribution in [0.5, 0.6) is 17.2 Å². The van der Waals surface area contributed by atoms with Crippen LogP contribution < -0.4 is 14.2 Å². The van der Waals surface area contributed by atoms with E-state index in [2.05, 4.69) is 11.2 Å². The van der Waals surface area contributed by atoms with E-state index in [0.29, 0.717) is 41.2 Å². The lowest BCUT2D eigenvalue weighted by Gasteiger charge is -2.18. The molecule has 0 unspecified atom stereocenters. The Morgan fingerprint density at radius 2 is 1.72 bits per heavy atom. The molecule has 0 N–H and O–H groups in total. The molecule has 32 heavy (non-hydrogen) atoms. The lowest BCUT2D eigenvalue weighted by atomic mass is 9.90. The standard InChI is InChI=1S/C23H23Cl4NO4/c1-29-28-21-5-2-4-15-12-16(6-7-18(15)21)30-9-3-10-32-23-19(24)13-17(14-20(23)25)31-11-8-22(26)27/h6-8,12-14H,2-5,9-11H2,1H3. The number of nitrogens with zero attached hydrogens (tertiary/aromatic N) is 1. The Bertz CT molecular complexity index is 967. The first kappa shape index (κ1) is 24.8. The third-order valence-electron chi connectivity index (χ3n) is 4.71. The Hall–Kier alpha value is -1.79. The van der Waals surface area contributed by atoms with E-state index in [1.807, 2.05) is 12.1 Å². The van der Waals surface area contributed by atoms with E-state index in [-0.39, 0.29) is 11.1 Å². The SMILES string of the molecule is CON=C1CCCc2cc(OCCCOc3c(Cl)cc(OCC=C(Cl)Cl)cc3Cl)ccc21. The van der Waals surface area contributed by atoms with Crippen molar-refractivity contribution >= 4 is 52.1 Å². The summed E-state index contributed by atoms with van der Waals surface area (Å²) in [6, 6.07) is 9.32. The van der Waals surface area contributed by atoms with Crippen LogP contribution in [0, 0.1) is 0 Å². The van der Waals surface area contributed by atoms with E-state index in [1.165, 1.54) is 11.6 Å². The third-order valence-corrected chi connectivity index (χ3v) is 5.58. The van der Waals surface area contributed by atoms with Gasteiger partial charge in [0.05, 0.1) is 29.0 Å². The second-order valence-electron chi connectivity index (χ2n) is 6.96. The van der Waals surface area contributed by atoms with Crippen molar-refractivity contribution in [1.82, 2.24) is 0 Å². The van der Waals surface area contributed by atoms with Crippen LogP contribution in [0.2, 0.25) is 10.0 Å². The molecule has 0 saturated carbocycles. The molecule has 172 valence electrons. The Morgan fingerprint density at radius 3 is 2.44 bits per heavy atom. The zero-order valence-electron chi connectivity index (χ0n) is 17.5. The molecule has 0 fully saturated rings. The Morgan fingerprint density at radius 1 is 0.969 bits per heavy atom. The molecule has 0 aromatic heterocycles. The van der Waals surface area contributed by atoms with Gasteiger partial charge in [-0.05, 0) is 49.1 Å². The van der Waals surface area contributed by atoms with Gasteiger partial charge in [0.2, 0.25) is 0 Å². The average Bonchev–Trinajstić information content (AvgIpc) is 2.75. The van der Waals surface area contributed by atoms with Gasteiger partial charge in [-0.1, -0.05) is 51.6 Å². The van der Waals surface area contributed by atoms with Gasteiger partial charge in [0, 0.05) is 24.1 Å². The second-order valence-corrected chi connectivity index (χ2v) is 8.79. The molecule has 1 aliphatic rings. The Labute approximate surface area is 207 Å². The molecule has 0 radical (unpaired) electrons. The van der Waals surface area contributed by atoms with E-state index in [4.69, 9.17) is 65.5 Å². The molecule has 1 aliphatic carbocycles. The molecular formula is C23H23Cl4NO4. The number of benzene rings is 2. The molecular weight excluding hydrogens is 496 g/mol. The van der Waals surface area contributed by atoms with Crippen LogP contribution in [0.3, 0.4) is 0 Å². The van der Waals surface area contributed by atoms with Crippen LogP contribution >= 0.6 is 46.4 Å². The quantitative estimate of drug-likeness (QED) is 0.246. The number of halogens is 4. The number of fused-ring (bicyclic) bond motifs is 1. The summed E-state index contributed by atoms with van der Waals surface area (Å²) in [4.78, 5) is 4.95. The van der Waals surface area contributed by atoms with Crippen molar-refractivity contribution in [2.24, 2.45) is 5.16 Å². The molecule has 0 heterocycles. The van der Waals surface area contributed by atoms with Crippen molar-refractivity contribution in [1.29, 1.82) is 0 Å². The molecule has 0 spiro atoms. The van der Waals surface area contributed by atoms with Gasteiger partial charge in [-0.3, -0.25) is 0 Å². The molecule has 2 aromatic carbocycles. The van der Waals surface area contributed by atoms with Crippen molar-refractivity contribution in [3.8, 4) is 17.2 Å². The van der Waals surface area contributed by atoms with Gasteiger partial charge < -0.3 is 19.0 Å². The van der Waals surface area contributed by atoms with E-state index in [0.717, 1.165) is 36.3 Å². The normalized spacial score (nSPS) is 14.0. The first-order valence-corrected chi connectivity index (χ1v) is 11.6. The molecule has 5 nitrogen and oxygen atoms in total. The van der Waals surface area contributed by atoms with E-state index in [1.54, 1.807) is 19.2 Å². The smallest absolute Gasteiger partial charge is 0.156 e. The Kier molecular flexibility index (Phi) is 9.67. The number of rotatable bonds is 10. The minimum Gasteiger partial charge on any atom is -0.493 e. The maximum Gasteiger partial charge on any atom is 0.156 e. The van der Waals surface area contributed by atoms with Gasteiger partial charge >= 0.3 is 0 Å². The number of oxime groups is 1. The zero-order valence-corrected chi connectivity index (χ0v) is 20.5. The minimum atomic E-state index is 0.129. The van der Waals surface area contributed by atoms with E-state index in [9.17, 15) is 0 Å². The summed E-state index contributed by atoms with van der Waals surface area (Å²) < 4.78 is 17.2.